The first-order valence-corrected chi connectivity index (χ1v) is 21.4. The number of benzene rings is 4. The van der Waals surface area contributed by atoms with E-state index in [0.717, 1.165) is 11.1 Å². The van der Waals surface area contributed by atoms with Gasteiger partial charge >= 0.3 is 0 Å². The molecule has 0 aliphatic carbocycles. The molecule has 1 fully saturated rings. The van der Waals surface area contributed by atoms with E-state index < -0.39 is 48.4 Å². The topological polar surface area (TPSA) is 143 Å². The van der Waals surface area contributed by atoms with E-state index >= 15 is 8.90 Å². The summed E-state index contributed by atoms with van der Waals surface area (Å²) < 4.78 is 29.0. The van der Waals surface area contributed by atoms with Gasteiger partial charge in [-0.2, -0.15) is 0 Å². The molecule has 0 radical (unpaired) electrons. The molecule has 4 heterocycles. The van der Waals surface area contributed by atoms with Crippen molar-refractivity contribution >= 4 is 48.9 Å². The number of halogens is 1. The maximum atomic E-state index is 16.6. The van der Waals surface area contributed by atoms with Crippen LogP contribution in [0.1, 0.15) is 35.6 Å². The van der Waals surface area contributed by atoms with Gasteiger partial charge < -0.3 is 28.5 Å². The van der Waals surface area contributed by atoms with E-state index in [-0.39, 0.29) is 55.8 Å². The van der Waals surface area contributed by atoms with Gasteiger partial charge in [-0.3, -0.25) is 29.4 Å². The van der Waals surface area contributed by atoms with Crippen LogP contribution < -0.4 is 14.5 Å². The smallest absolute Gasteiger partial charge is 0.269 e. The number of aliphatic hydroxyl groups excluding tert-OH is 1. The van der Waals surface area contributed by atoms with Crippen molar-refractivity contribution < 1.29 is 38.0 Å². The fourth-order valence-electron chi connectivity index (χ4n) is 9.20. The van der Waals surface area contributed by atoms with Gasteiger partial charge in [0.25, 0.3) is 17.5 Å². The lowest BCUT2D eigenvalue weighted by Gasteiger charge is -2.37. The Labute approximate surface area is 318 Å². The highest BCUT2D eigenvalue weighted by Crippen LogP contribution is 2.61. The maximum Gasteiger partial charge on any atom is 0.269 e. The summed E-state index contributed by atoms with van der Waals surface area (Å²) in [5.74, 6) is -1.33. The normalized spacial score (nSPS) is 24.4. The van der Waals surface area contributed by atoms with Gasteiger partial charge in [0, 0.05) is 41.4 Å². The molecule has 4 aliphatic rings. The molecule has 1 saturated heterocycles. The van der Waals surface area contributed by atoms with E-state index in [0.29, 0.717) is 34.8 Å². The lowest BCUT2D eigenvalue weighted by Crippen LogP contribution is -2.48. The lowest BCUT2D eigenvalue weighted by atomic mass is 9.82. The highest BCUT2D eigenvalue weighted by molar-refractivity contribution is 6.72. The molecule has 14 heteroatoms. The van der Waals surface area contributed by atoms with Gasteiger partial charge in [-0.1, -0.05) is 55.5 Å². The molecule has 0 bridgehead atoms. The second-order valence-electron chi connectivity index (χ2n) is 15.3. The van der Waals surface area contributed by atoms with Crippen LogP contribution in [0.3, 0.4) is 0 Å². The number of ether oxygens (including phenoxy) is 2. The van der Waals surface area contributed by atoms with Gasteiger partial charge in [0.05, 0.1) is 48.0 Å². The fraction of sp³-hybridized carbons (Fsp3) is 0.341. The second kappa shape index (κ2) is 13.7. The Morgan fingerprint density at radius 3 is 2.49 bits per heavy atom. The predicted molar refractivity (Wildman–Crippen MR) is 204 cm³/mol. The molecule has 4 aliphatic heterocycles. The number of rotatable bonds is 8. The van der Waals surface area contributed by atoms with Crippen LogP contribution in [0.5, 0.6) is 5.75 Å². The zero-order valence-electron chi connectivity index (χ0n) is 30.7. The third-order valence-electron chi connectivity index (χ3n) is 11.6. The van der Waals surface area contributed by atoms with Crippen molar-refractivity contribution in [1.29, 1.82) is 0 Å². The summed E-state index contributed by atoms with van der Waals surface area (Å²) in [5.41, 5.74) is 1.59. The number of fused-ring (bicyclic) bond motifs is 4. The average molecular weight is 765 g/mol. The van der Waals surface area contributed by atoms with Gasteiger partial charge in [-0.25, -0.2) is 0 Å². The lowest BCUT2D eigenvalue weighted by molar-refractivity contribution is -0.385. The zero-order chi connectivity index (χ0) is 38.8. The van der Waals surface area contributed by atoms with Crippen LogP contribution in [0.25, 0.3) is 0 Å². The molecule has 12 nitrogen and oxygen atoms in total. The SMILES string of the molecule is C[C@H]1[C@H]([Si](C)(C)F)[C@@H](CC(=O)N2Cc3ccccc3C[C@H]2CO)O[C@]12C(=O)N(Cc1cccc(N3C(=O)COc4ccccc43)c1)c1ccc([N+](=O)[O-])cc12. The van der Waals surface area contributed by atoms with Crippen LogP contribution in [0.2, 0.25) is 18.6 Å². The first kappa shape index (κ1) is 36.5. The molecule has 0 aromatic heterocycles. The number of anilines is 3. The molecule has 4 aromatic rings. The van der Waals surface area contributed by atoms with Gasteiger partial charge in [0.15, 0.2) is 12.2 Å². The van der Waals surface area contributed by atoms with Crippen molar-refractivity contribution in [2.24, 2.45) is 5.92 Å². The number of hydrogen-bond acceptors (Lipinski definition) is 8. The number of nitrogens with zero attached hydrogens (tertiary/aromatic N) is 4. The van der Waals surface area contributed by atoms with Crippen molar-refractivity contribution in [3.63, 3.8) is 0 Å². The number of nitro groups is 1. The molecular formula is C41H41FN4O8Si. The Hall–Kier alpha value is -5.44. The Morgan fingerprint density at radius 2 is 1.75 bits per heavy atom. The minimum absolute atomic E-state index is 0.0194. The van der Waals surface area contributed by atoms with E-state index in [1.54, 1.807) is 47.1 Å². The zero-order valence-corrected chi connectivity index (χ0v) is 31.7. The molecule has 8 rings (SSSR count). The minimum Gasteiger partial charge on any atom is -0.482 e. The number of amides is 3. The molecule has 4 aromatic carbocycles. The number of nitro benzene ring substituents is 1. The summed E-state index contributed by atoms with van der Waals surface area (Å²) in [6, 6.07) is 25.8. The van der Waals surface area contributed by atoms with Gasteiger partial charge in [0.1, 0.15) is 5.75 Å². The predicted octanol–water partition coefficient (Wildman–Crippen LogP) is 6.31. The third-order valence-corrected chi connectivity index (χ3v) is 14.1. The van der Waals surface area contributed by atoms with Crippen molar-refractivity contribution in [3.05, 3.63) is 123 Å². The number of carbonyl (C=O) groups is 3. The number of aliphatic hydroxyl groups is 1. The molecule has 1 N–H and O–H groups in total. The second-order valence-corrected chi connectivity index (χ2v) is 19.1. The van der Waals surface area contributed by atoms with Gasteiger partial charge in [-0.05, 0) is 66.5 Å². The Kier molecular flexibility index (Phi) is 9.09. The van der Waals surface area contributed by atoms with Crippen molar-refractivity contribution in [2.45, 2.75) is 69.2 Å². The summed E-state index contributed by atoms with van der Waals surface area (Å²) in [6.07, 6.45) is -0.781. The van der Waals surface area contributed by atoms with Gasteiger partial charge in [-0.15, -0.1) is 0 Å². The number of para-hydroxylation sites is 2. The highest BCUT2D eigenvalue weighted by Gasteiger charge is 2.67. The first-order valence-electron chi connectivity index (χ1n) is 18.4. The molecule has 3 amide bonds. The van der Waals surface area contributed by atoms with Crippen LogP contribution in [0.4, 0.5) is 26.9 Å². The Morgan fingerprint density at radius 1 is 1.00 bits per heavy atom. The molecule has 0 unspecified atom stereocenters. The molecule has 0 saturated carbocycles. The number of non-ortho nitro benzene ring substituents is 1. The highest BCUT2D eigenvalue weighted by atomic mass is 28.4. The standard InChI is InChI=1S/C41H41FN4O8Si/c1-25-39(55(2,3)42)36(20-37(48)43-22-28-11-5-4-10-27(28)18-31(43)23-47)54-41(25)32-19-30(46(51)52)15-16-33(32)44(40(41)50)21-26-9-8-12-29(17-26)45-34-13-6-7-14-35(34)53-24-38(45)49/h4-17,19,25,31,36,39,47H,18,20-24H2,1-3H3/t25-,31-,36+,39-,41+/m0/s1. The van der Waals surface area contributed by atoms with E-state index in [1.165, 1.54) is 36.2 Å². The molecular weight excluding hydrogens is 724 g/mol. The van der Waals surface area contributed by atoms with Crippen LogP contribution in [-0.4, -0.2) is 66.4 Å². The number of carbonyl (C=O) groups excluding carboxylic acids is 3. The summed E-state index contributed by atoms with van der Waals surface area (Å²) in [6.45, 7) is 4.71. The van der Waals surface area contributed by atoms with Crippen molar-refractivity contribution in [3.8, 4) is 5.75 Å². The number of hydrogen-bond donors (Lipinski definition) is 1. The average Bonchev–Trinajstić information content (AvgIpc) is 3.59. The summed E-state index contributed by atoms with van der Waals surface area (Å²) >= 11 is 0. The molecule has 5 atom stereocenters. The summed E-state index contributed by atoms with van der Waals surface area (Å²) in [7, 11) is -3.69. The van der Waals surface area contributed by atoms with E-state index in [9.17, 15) is 24.8 Å². The largest absolute Gasteiger partial charge is 0.482 e. The molecule has 284 valence electrons. The van der Waals surface area contributed by atoms with Crippen molar-refractivity contribution in [1.82, 2.24) is 4.90 Å². The monoisotopic (exact) mass is 764 g/mol. The quantitative estimate of drug-likeness (QED) is 0.0953. The maximum absolute atomic E-state index is 16.6. The fourth-order valence-corrected chi connectivity index (χ4v) is 11.7. The third kappa shape index (κ3) is 6.08. The van der Waals surface area contributed by atoms with E-state index in [4.69, 9.17) is 9.47 Å². The van der Waals surface area contributed by atoms with Crippen LogP contribution in [0.15, 0.2) is 91.0 Å². The van der Waals surface area contributed by atoms with Gasteiger partial charge in [0.2, 0.25) is 14.3 Å². The first-order chi connectivity index (χ1) is 26.3. The Balaban J connectivity index is 1.15. The molecule has 55 heavy (non-hydrogen) atoms. The van der Waals surface area contributed by atoms with E-state index in [1.807, 2.05) is 42.5 Å². The van der Waals surface area contributed by atoms with Crippen LogP contribution in [0, 0.1) is 16.0 Å². The van der Waals surface area contributed by atoms with Crippen LogP contribution >= 0.6 is 0 Å². The summed E-state index contributed by atoms with van der Waals surface area (Å²) in [5, 5.41) is 22.4. The Bertz CT molecular complexity index is 2230. The molecule has 1 spiro atoms. The van der Waals surface area contributed by atoms with E-state index in [2.05, 4.69) is 0 Å². The van der Waals surface area contributed by atoms with Crippen LogP contribution in [-0.2, 0) is 44.2 Å². The van der Waals surface area contributed by atoms with Crippen molar-refractivity contribution in [2.75, 3.05) is 23.0 Å². The summed E-state index contributed by atoms with van der Waals surface area (Å²) in [4.78, 5) is 58.6. The minimum atomic E-state index is -3.69.